The van der Waals surface area contributed by atoms with Crippen molar-refractivity contribution >= 4 is 28.2 Å². The Balaban J connectivity index is 1.79. The van der Waals surface area contributed by atoms with E-state index in [1.165, 1.54) is 0 Å². The summed E-state index contributed by atoms with van der Waals surface area (Å²) in [7, 11) is 0. The number of aryl methyl sites for hydroxylation is 1. The molecule has 0 bridgehead atoms. The van der Waals surface area contributed by atoms with Crippen LogP contribution in [-0.2, 0) is 16.0 Å². The molecule has 0 aliphatic heterocycles. The van der Waals surface area contributed by atoms with Gasteiger partial charge in [-0.1, -0.05) is 0 Å². The number of aliphatic carboxylic acids is 1. The zero-order valence-corrected chi connectivity index (χ0v) is 11.4. The molecule has 0 atom stereocenters. The van der Waals surface area contributed by atoms with Gasteiger partial charge in [-0.05, 0) is 6.92 Å². The molecule has 0 aromatic carbocycles. The second kappa shape index (κ2) is 5.83. The van der Waals surface area contributed by atoms with E-state index >= 15 is 0 Å². The third kappa shape index (κ3) is 3.54. The molecule has 2 N–H and O–H groups in total. The van der Waals surface area contributed by atoms with Crippen LogP contribution in [0.15, 0.2) is 11.6 Å². The van der Waals surface area contributed by atoms with Crippen LogP contribution in [0.5, 0.6) is 0 Å². The molecular formula is C12H15N3O3S. The van der Waals surface area contributed by atoms with E-state index in [-0.39, 0.29) is 18.7 Å². The summed E-state index contributed by atoms with van der Waals surface area (Å²) >= 11 is 1.59. The first-order valence-electron chi connectivity index (χ1n) is 5.97. The van der Waals surface area contributed by atoms with Gasteiger partial charge < -0.3 is 10.4 Å². The van der Waals surface area contributed by atoms with E-state index in [2.05, 4.69) is 10.3 Å². The number of fused-ring (bicyclic) bond motifs is 1. The van der Waals surface area contributed by atoms with Crippen LogP contribution >= 0.6 is 11.3 Å². The molecule has 0 saturated heterocycles. The van der Waals surface area contributed by atoms with Gasteiger partial charge in [-0.2, -0.15) is 0 Å². The predicted octanol–water partition coefficient (Wildman–Crippen LogP) is 1.23. The van der Waals surface area contributed by atoms with Crippen molar-refractivity contribution in [3.05, 3.63) is 23.0 Å². The summed E-state index contributed by atoms with van der Waals surface area (Å²) in [6, 6.07) is 0. The number of nitrogens with one attached hydrogen (secondary N) is 1. The highest BCUT2D eigenvalue weighted by Gasteiger charge is 2.07. The third-order valence-electron chi connectivity index (χ3n) is 2.71. The monoisotopic (exact) mass is 281 g/mol. The molecule has 6 nitrogen and oxygen atoms in total. The van der Waals surface area contributed by atoms with Crippen LogP contribution in [0.2, 0.25) is 0 Å². The van der Waals surface area contributed by atoms with Gasteiger partial charge in [0.05, 0.1) is 12.1 Å². The Morgan fingerprint density at radius 3 is 2.95 bits per heavy atom. The number of carbonyl (C=O) groups excluding carboxylic acids is 1. The van der Waals surface area contributed by atoms with E-state index in [4.69, 9.17) is 5.11 Å². The van der Waals surface area contributed by atoms with Gasteiger partial charge in [0.25, 0.3) is 0 Å². The highest BCUT2D eigenvalue weighted by Crippen LogP contribution is 2.15. The normalized spacial score (nSPS) is 10.8. The average molecular weight is 281 g/mol. The molecule has 0 unspecified atom stereocenters. The number of carboxylic acid groups (broad SMARTS) is 1. The smallest absolute Gasteiger partial charge is 0.303 e. The Labute approximate surface area is 114 Å². The lowest BCUT2D eigenvalue weighted by Crippen LogP contribution is -2.26. The van der Waals surface area contributed by atoms with E-state index in [9.17, 15) is 9.59 Å². The lowest BCUT2D eigenvalue weighted by molar-refractivity contribution is -0.138. The van der Waals surface area contributed by atoms with Gasteiger partial charge in [-0.3, -0.25) is 14.0 Å². The average Bonchev–Trinajstić information content (AvgIpc) is 2.89. The molecule has 2 rings (SSSR count). The van der Waals surface area contributed by atoms with Gasteiger partial charge >= 0.3 is 5.97 Å². The highest BCUT2D eigenvalue weighted by molar-refractivity contribution is 7.15. The zero-order chi connectivity index (χ0) is 13.8. The van der Waals surface area contributed by atoms with Crippen molar-refractivity contribution in [2.45, 2.75) is 26.2 Å². The fourth-order valence-electron chi connectivity index (χ4n) is 1.70. The Morgan fingerprint density at radius 2 is 2.26 bits per heavy atom. The largest absolute Gasteiger partial charge is 0.481 e. The number of amides is 1. The Hall–Kier alpha value is -1.89. The minimum Gasteiger partial charge on any atom is -0.481 e. The van der Waals surface area contributed by atoms with Crippen LogP contribution in [-0.4, -0.2) is 32.9 Å². The topological polar surface area (TPSA) is 83.7 Å². The number of aromatic nitrogens is 2. The van der Waals surface area contributed by atoms with E-state index < -0.39 is 5.97 Å². The van der Waals surface area contributed by atoms with E-state index in [1.54, 1.807) is 11.3 Å². The standard InChI is InChI=1S/C12H15N3O3S/c1-8-7-19-12-14-9(6-15(8)12)4-5-13-10(16)2-3-11(17)18/h6-7H,2-5H2,1H3,(H,13,16)(H,17,18). The molecule has 0 aliphatic carbocycles. The number of rotatable bonds is 6. The van der Waals surface area contributed by atoms with E-state index in [0.29, 0.717) is 13.0 Å². The Morgan fingerprint density at radius 1 is 1.47 bits per heavy atom. The number of hydrogen-bond donors (Lipinski definition) is 2. The number of carbonyl (C=O) groups is 2. The molecule has 0 radical (unpaired) electrons. The molecule has 2 aromatic rings. The molecule has 0 saturated carbocycles. The first-order chi connectivity index (χ1) is 9.06. The lowest BCUT2D eigenvalue weighted by atomic mass is 10.3. The molecule has 7 heteroatoms. The van der Waals surface area contributed by atoms with Crippen LogP contribution in [0.4, 0.5) is 0 Å². The number of imidazole rings is 1. The summed E-state index contributed by atoms with van der Waals surface area (Å²) in [5.74, 6) is -1.19. The zero-order valence-electron chi connectivity index (χ0n) is 10.5. The minimum atomic E-state index is -0.958. The number of nitrogens with zero attached hydrogens (tertiary/aromatic N) is 2. The quantitative estimate of drug-likeness (QED) is 0.834. The van der Waals surface area contributed by atoms with Crippen molar-refractivity contribution in [2.75, 3.05) is 6.54 Å². The fraction of sp³-hybridized carbons (Fsp3) is 0.417. The van der Waals surface area contributed by atoms with Gasteiger partial charge in [0.1, 0.15) is 0 Å². The van der Waals surface area contributed by atoms with Crippen LogP contribution in [0.25, 0.3) is 4.96 Å². The number of hydrogen-bond acceptors (Lipinski definition) is 4. The predicted molar refractivity (Wildman–Crippen MR) is 71.4 cm³/mol. The second-order valence-corrected chi connectivity index (χ2v) is 5.09. The molecule has 1 amide bonds. The molecule has 0 fully saturated rings. The maximum absolute atomic E-state index is 11.3. The van der Waals surface area contributed by atoms with Crippen molar-refractivity contribution in [3.8, 4) is 0 Å². The van der Waals surface area contributed by atoms with Gasteiger partial charge in [0, 0.05) is 36.7 Å². The van der Waals surface area contributed by atoms with Gasteiger partial charge in [0.2, 0.25) is 5.91 Å². The molecule has 2 heterocycles. The van der Waals surface area contributed by atoms with Gasteiger partial charge in [-0.25, -0.2) is 4.98 Å². The Kier molecular flexibility index (Phi) is 4.16. The molecule has 2 aromatic heterocycles. The third-order valence-corrected chi connectivity index (χ3v) is 3.67. The van der Waals surface area contributed by atoms with Crippen LogP contribution < -0.4 is 5.32 Å². The van der Waals surface area contributed by atoms with Crippen molar-refractivity contribution < 1.29 is 14.7 Å². The highest BCUT2D eigenvalue weighted by atomic mass is 32.1. The SMILES string of the molecule is Cc1csc2nc(CCNC(=O)CCC(=O)O)cn12. The maximum Gasteiger partial charge on any atom is 0.303 e. The summed E-state index contributed by atoms with van der Waals surface area (Å²) in [4.78, 5) is 27.0. The van der Waals surface area contributed by atoms with E-state index in [0.717, 1.165) is 16.3 Å². The molecule has 0 aliphatic rings. The van der Waals surface area contributed by atoms with Crippen LogP contribution in [0, 0.1) is 6.92 Å². The van der Waals surface area contributed by atoms with Gasteiger partial charge in [0.15, 0.2) is 4.96 Å². The molecule has 19 heavy (non-hydrogen) atoms. The summed E-state index contributed by atoms with van der Waals surface area (Å²) in [6.45, 7) is 2.49. The van der Waals surface area contributed by atoms with E-state index in [1.807, 2.05) is 22.9 Å². The first-order valence-corrected chi connectivity index (χ1v) is 6.85. The van der Waals surface area contributed by atoms with Crippen molar-refractivity contribution in [1.29, 1.82) is 0 Å². The lowest BCUT2D eigenvalue weighted by Gasteiger charge is -2.02. The van der Waals surface area contributed by atoms with Gasteiger partial charge in [-0.15, -0.1) is 11.3 Å². The first kappa shape index (κ1) is 13.5. The number of carboxylic acids is 1. The van der Waals surface area contributed by atoms with Crippen LogP contribution in [0.3, 0.4) is 0 Å². The van der Waals surface area contributed by atoms with Crippen molar-refractivity contribution in [1.82, 2.24) is 14.7 Å². The summed E-state index contributed by atoms with van der Waals surface area (Å²) in [5.41, 5.74) is 2.07. The summed E-state index contributed by atoms with van der Waals surface area (Å²) < 4.78 is 2.02. The number of thiazole rings is 1. The van der Waals surface area contributed by atoms with Crippen LogP contribution in [0.1, 0.15) is 24.2 Å². The van der Waals surface area contributed by atoms with Crippen molar-refractivity contribution in [3.63, 3.8) is 0 Å². The molecule has 0 spiro atoms. The Bertz CT molecular complexity index is 602. The van der Waals surface area contributed by atoms with Crippen molar-refractivity contribution in [2.24, 2.45) is 0 Å². The summed E-state index contributed by atoms with van der Waals surface area (Å²) in [6.07, 6.45) is 2.50. The minimum absolute atomic E-state index is 0.0206. The fourth-order valence-corrected chi connectivity index (χ4v) is 2.57. The summed E-state index contributed by atoms with van der Waals surface area (Å²) in [5, 5.41) is 13.2. The molecular weight excluding hydrogens is 266 g/mol. The maximum atomic E-state index is 11.3. The second-order valence-electron chi connectivity index (χ2n) is 4.26. The molecule has 102 valence electrons.